The molecule has 1 aliphatic heterocycles. The highest BCUT2D eigenvalue weighted by atomic mass is 16.2. The maximum atomic E-state index is 12.2. The number of rotatable bonds is 6. The van der Waals surface area contributed by atoms with E-state index >= 15 is 0 Å². The summed E-state index contributed by atoms with van der Waals surface area (Å²) >= 11 is 0. The number of piperazine rings is 1. The van der Waals surface area contributed by atoms with Crippen LogP contribution in [0.25, 0.3) is 11.4 Å². The van der Waals surface area contributed by atoms with Crippen LogP contribution >= 0.6 is 0 Å². The van der Waals surface area contributed by atoms with Gasteiger partial charge in [-0.3, -0.25) is 4.79 Å². The molecule has 5 heteroatoms. The molecule has 1 aliphatic rings. The second kappa shape index (κ2) is 9.94. The van der Waals surface area contributed by atoms with E-state index in [0.29, 0.717) is 6.42 Å². The van der Waals surface area contributed by atoms with E-state index in [-0.39, 0.29) is 5.91 Å². The van der Waals surface area contributed by atoms with Crippen LogP contribution in [0, 0.1) is 6.92 Å². The van der Waals surface area contributed by atoms with Gasteiger partial charge in [-0.05, 0) is 18.9 Å². The monoisotopic (exact) mass is 428 g/mol. The SMILES string of the molecule is CCC(=O)N1CCN(c2nc(-c3ccccc3)nc(CC)c2Cc2cccc(C)c2)CC1. The second-order valence-electron chi connectivity index (χ2n) is 8.40. The minimum Gasteiger partial charge on any atom is -0.353 e. The molecule has 1 amide bonds. The lowest BCUT2D eigenvalue weighted by Crippen LogP contribution is -2.49. The van der Waals surface area contributed by atoms with E-state index in [9.17, 15) is 4.79 Å². The molecule has 1 aromatic heterocycles. The first-order valence-corrected chi connectivity index (χ1v) is 11.6. The Bertz CT molecular complexity index is 1070. The quantitative estimate of drug-likeness (QED) is 0.573. The third-order valence-corrected chi connectivity index (χ3v) is 6.14. The van der Waals surface area contributed by atoms with Crippen LogP contribution in [0.4, 0.5) is 5.82 Å². The third kappa shape index (κ3) is 4.82. The summed E-state index contributed by atoms with van der Waals surface area (Å²) in [6.45, 7) is 9.29. The fourth-order valence-electron chi connectivity index (χ4n) is 4.39. The normalized spacial score (nSPS) is 14.0. The number of aryl methyl sites for hydroxylation is 2. The van der Waals surface area contributed by atoms with E-state index < -0.39 is 0 Å². The highest BCUT2D eigenvalue weighted by molar-refractivity contribution is 5.76. The number of carbonyl (C=O) groups is 1. The lowest BCUT2D eigenvalue weighted by molar-refractivity contribution is -0.131. The minimum atomic E-state index is 0.228. The molecule has 166 valence electrons. The van der Waals surface area contributed by atoms with E-state index in [0.717, 1.165) is 61.9 Å². The summed E-state index contributed by atoms with van der Waals surface area (Å²) in [5.41, 5.74) is 5.87. The Morgan fingerprint density at radius 1 is 0.938 bits per heavy atom. The Morgan fingerprint density at radius 3 is 2.34 bits per heavy atom. The summed E-state index contributed by atoms with van der Waals surface area (Å²) in [7, 11) is 0. The van der Waals surface area contributed by atoms with Gasteiger partial charge in [0.05, 0.1) is 0 Å². The first-order chi connectivity index (χ1) is 15.6. The van der Waals surface area contributed by atoms with Crippen LogP contribution in [0.15, 0.2) is 54.6 Å². The minimum absolute atomic E-state index is 0.228. The highest BCUT2D eigenvalue weighted by Crippen LogP contribution is 2.29. The summed E-state index contributed by atoms with van der Waals surface area (Å²) in [5, 5.41) is 0. The van der Waals surface area contributed by atoms with Crippen molar-refractivity contribution in [2.45, 2.75) is 40.0 Å². The number of nitrogens with zero attached hydrogens (tertiary/aromatic N) is 4. The molecule has 0 spiro atoms. The lowest BCUT2D eigenvalue weighted by Gasteiger charge is -2.36. The second-order valence-corrected chi connectivity index (χ2v) is 8.40. The van der Waals surface area contributed by atoms with Crippen LogP contribution in [0.2, 0.25) is 0 Å². The van der Waals surface area contributed by atoms with Gasteiger partial charge >= 0.3 is 0 Å². The number of hydrogen-bond donors (Lipinski definition) is 0. The van der Waals surface area contributed by atoms with E-state index in [1.54, 1.807) is 0 Å². The zero-order valence-corrected chi connectivity index (χ0v) is 19.3. The smallest absolute Gasteiger partial charge is 0.222 e. The van der Waals surface area contributed by atoms with Gasteiger partial charge in [-0.1, -0.05) is 74.0 Å². The van der Waals surface area contributed by atoms with Crippen LogP contribution in [-0.4, -0.2) is 47.0 Å². The largest absolute Gasteiger partial charge is 0.353 e. The number of carbonyl (C=O) groups excluding carboxylic acids is 1. The maximum absolute atomic E-state index is 12.2. The summed E-state index contributed by atoms with van der Waals surface area (Å²) in [6.07, 6.45) is 2.22. The molecule has 0 radical (unpaired) electrons. The van der Waals surface area contributed by atoms with E-state index in [4.69, 9.17) is 9.97 Å². The molecule has 0 atom stereocenters. The van der Waals surface area contributed by atoms with E-state index in [1.807, 2.05) is 30.0 Å². The van der Waals surface area contributed by atoms with Gasteiger partial charge < -0.3 is 9.80 Å². The van der Waals surface area contributed by atoms with E-state index in [1.165, 1.54) is 16.7 Å². The number of benzene rings is 2. The molecule has 0 aliphatic carbocycles. The number of aromatic nitrogens is 2. The lowest BCUT2D eigenvalue weighted by atomic mass is 10.00. The third-order valence-electron chi connectivity index (χ3n) is 6.14. The average molecular weight is 429 g/mol. The van der Waals surface area contributed by atoms with Crippen molar-refractivity contribution in [1.82, 2.24) is 14.9 Å². The molecule has 5 nitrogen and oxygen atoms in total. The van der Waals surface area contributed by atoms with Crippen LogP contribution in [0.5, 0.6) is 0 Å². The fraction of sp³-hybridized carbons (Fsp3) is 0.370. The van der Waals surface area contributed by atoms with Gasteiger partial charge in [-0.25, -0.2) is 9.97 Å². The number of hydrogen-bond acceptors (Lipinski definition) is 4. The Labute approximate surface area is 191 Å². The predicted molar refractivity (Wildman–Crippen MR) is 130 cm³/mol. The summed E-state index contributed by atoms with van der Waals surface area (Å²) in [5.74, 6) is 2.02. The predicted octanol–water partition coefficient (Wildman–Crippen LogP) is 4.66. The molecule has 2 heterocycles. The van der Waals surface area contributed by atoms with Gasteiger partial charge in [0.2, 0.25) is 5.91 Å². The molecular weight excluding hydrogens is 396 g/mol. The standard InChI is InChI=1S/C27H32N4O/c1-4-24-23(19-21-11-9-10-20(3)18-21)27(29-26(28-24)22-12-7-6-8-13-22)31-16-14-30(15-17-31)25(32)5-2/h6-13,18H,4-5,14-17,19H2,1-3H3. The van der Waals surface area contributed by atoms with Crippen LogP contribution in [0.1, 0.15) is 42.7 Å². The summed E-state index contributed by atoms with van der Waals surface area (Å²) in [6, 6.07) is 18.9. The molecule has 4 rings (SSSR count). The molecule has 3 aromatic rings. The van der Waals surface area contributed by atoms with Crippen molar-refractivity contribution in [3.8, 4) is 11.4 Å². The topological polar surface area (TPSA) is 49.3 Å². The fourth-order valence-corrected chi connectivity index (χ4v) is 4.39. The number of anilines is 1. The Balaban J connectivity index is 1.74. The van der Waals surface area contributed by atoms with Gasteiger partial charge in [0.15, 0.2) is 5.82 Å². The molecule has 0 unspecified atom stereocenters. The van der Waals surface area contributed by atoms with Gasteiger partial charge in [0.25, 0.3) is 0 Å². The maximum Gasteiger partial charge on any atom is 0.222 e. The van der Waals surface area contributed by atoms with Gasteiger partial charge in [0.1, 0.15) is 5.82 Å². The van der Waals surface area contributed by atoms with Crippen molar-refractivity contribution >= 4 is 11.7 Å². The average Bonchev–Trinajstić information content (AvgIpc) is 2.84. The zero-order chi connectivity index (χ0) is 22.5. The first-order valence-electron chi connectivity index (χ1n) is 11.6. The molecule has 2 aromatic carbocycles. The number of amides is 1. The first kappa shape index (κ1) is 22.0. The summed E-state index contributed by atoms with van der Waals surface area (Å²) < 4.78 is 0. The van der Waals surface area contributed by atoms with Crippen LogP contribution < -0.4 is 4.90 Å². The van der Waals surface area contributed by atoms with Crippen molar-refractivity contribution in [1.29, 1.82) is 0 Å². The molecular formula is C27H32N4O. The van der Waals surface area contributed by atoms with Crippen LogP contribution in [0.3, 0.4) is 0 Å². The molecule has 0 bridgehead atoms. The van der Waals surface area contributed by atoms with E-state index in [2.05, 4.69) is 55.1 Å². The van der Waals surface area contributed by atoms with Crippen molar-refractivity contribution in [2.24, 2.45) is 0 Å². The van der Waals surface area contributed by atoms with Crippen molar-refractivity contribution < 1.29 is 4.79 Å². The Hall–Kier alpha value is -3.21. The van der Waals surface area contributed by atoms with Gasteiger partial charge in [-0.15, -0.1) is 0 Å². The van der Waals surface area contributed by atoms with Crippen LogP contribution in [-0.2, 0) is 17.6 Å². The van der Waals surface area contributed by atoms with Gasteiger partial charge in [-0.2, -0.15) is 0 Å². The summed E-state index contributed by atoms with van der Waals surface area (Å²) in [4.78, 5) is 26.6. The molecule has 0 saturated carbocycles. The Kier molecular flexibility index (Phi) is 6.84. The van der Waals surface area contributed by atoms with Crippen molar-refractivity contribution in [2.75, 3.05) is 31.1 Å². The molecule has 1 saturated heterocycles. The Morgan fingerprint density at radius 2 is 1.69 bits per heavy atom. The van der Waals surface area contributed by atoms with Gasteiger partial charge in [0, 0.05) is 55.8 Å². The highest BCUT2D eigenvalue weighted by Gasteiger charge is 2.25. The van der Waals surface area contributed by atoms with Crippen molar-refractivity contribution in [3.63, 3.8) is 0 Å². The zero-order valence-electron chi connectivity index (χ0n) is 19.3. The molecule has 0 N–H and O–H groups in total. The molecule has 1 fully saturated rings. The van der Waals surface area contributed by atoms with Crippen molar-refractivity contribution in [3.05, 3.63) is 77.0 Å². The molecule has 32 heavy (non-hydrogen) atoms.